The molecule has 0 spiro atoms. The number of aromatic nitrogens is 3. The topological polar surface area (TPSA) is 67.9 Å². The molecule has 0 unspecified atom stereocenters. The van der Waals surface area contributed by atoms with E-state index >= 15 is 0 Å². The van der Waals surface area contributed by atoms with E-state index in [1.54, 1.807) is 23.4 Å². The van der Waals surface area contributed by atoms with Crippen molar-refractivity contribution in [2.45, 2.75) is 19.1 Å². The Morgan fingerprint density at radius 3 is 2.71 bits per heavy atom. The van der Waals surface area contributed by atoms with Crippen molar-refractivity contribution in [2.24, 2.45) is 5.73 Å². The Balaban J connectivity index is 2.17. The normalized spacial score (nSPS) is 11.6. The summed E-state index contributed by atoms with van der Waals surface area (Å²) in [4.78, 5) is 9.30. The molecule has 2 aromatic rings. The molecule has 0 saturated heterocycles. The number of rotatable bonds is 6. The molecule has 0 radical (unpaired) electrons. The largest absolute Gasteiger partial charge is 0.452 e. The van der Waals surface area contributed by atoms with Gasteiger partial charge >= 0.3 is 6.18 Å². The summed E-state index contributed by atoms with van der Waals surface area (Å²) in [6.45, 7) is 1.38. The van der Waals surface area contributed by atoms with Crippen LogP contribution < -0.4 is 10.6 Å². The number of pyridine rings is 1. The van der Waals surface area contributed by atoms with Gasteiger partial charge in [0.1, 0.15) is 0 Å². The highest BCUT2D eigenvalue weighted by atomic mass is 32.1. The van der Waals surface area contributed by atoms with Gasteiger partial charge in [-0.3, -0.25) is 4.98 Å². The van der Waals surface area contributed by atoms with Crippen molar-refractivity contribution in [2.75, 3.05) is 18.0 Å². The number of anilines is 1. The molecule has 0 bridgehead atoms. The minimum atomic E-state index is -4.53. The zero-order chi connectivity index (χ0) is 15.3. The fourth-order valence-electron chi connectivity index (χ4n) is 1.70. The lowest BCUT2D eigenvalue weighted by Crippen LogP contribution is -2.25. The molecule has 0 aliphatic rings. The van der Waals surface area contributed by atoms with Crippen molar-refractivity contribution in [1.29, 1.82) is 0 Å². The number of nitrogens with zero attached hydrogens (tertiary/aromatic N) is 4. The molecule has 0 fully saturated rings. The number of nitrogens with two attached hydrogens (primary N) is 1. The Kier molecular flexibility index (Phi) is 5.07. The molecule has 0 aliphatic carbocycles. The lowest BCUT2D eigenvalue weighted by atomic mass is 10.2. The molecule has 21 heavy (non-hydrogen) atoms. The summed E-state index contributed by atoms with van der Waals surface area (Å²) in [6, 6.07) is 3.63. The van der Waals surface area contributed by atoms with Gasteiger partial charge in [-0.2, -0.15) is 22.5 Å². The van der Waals surface area contributed by atoms with E-state index in [9.17, 15) is 13.2 Å². The predicted molar refractivity (Wildman–Crippen MR) is 73.9 cm³/mol. The number of halogens is 3. The minimum Gasteiger partial charge on any atom is -0.342 e. The van der Waals surface area contributed by atoms with Crippen molar-refractivity contribution >= 4 is 16.7 Å². The van der Waals surface area contributed by atoms with Crippen molar-refractivity contribution in [3.05, 3.63) is 35.9 Å². The summed E-state index contributed by atoms with van der Waals surface area (Å²) < 4.78 is 41.1. The van der Waals surface area contributed by atoms with E-state index in [1.807, 2.05) is 6.07 Å². The molecule has 0 atom stereocenters. The zero-order valence-corrected chi connectivity index (χ0v) is 11.9. The smallest absolute Gasteiger partial charge is 0.342 e. The first-order valence-electron chi connectivity index (χ1n) is 6.25. The van der Waals surface area contributed by atoms with Gasteiger partial charge in [0.05, 0.1) is 0 Å². The summed E-state index contributed by atoms with van der Waals surface area (Å²) in [5, 5.41) is 0.236. The lowest BCUT2D eigenvalue weighted by Gasteiger charge is -2.20. The Morgan fingerprint density at radius 2 is 2.14 bits per heavy atom. The van der Waals surface area contributed by atoms with Gasteiger partial charge in [0.25, 0.3) is 0 Å². The van der Waals surface area contributed by atoms with Crippen molar-refractivity contribution in [1.82, 2.24) is 14.3 Å². The SMILES string of the molecule is NCCCN(Cc1cccnc1)c1nc(C(F)(F)F)ns1. The first-order valence-corrected chi connectivity index (χ1v) is 7.03. The van der Waals surface area contributed by atoms with Gasteiger partial charge in [0.15, 0.2) is 0 Å². The van der Waals surface area contributed by atoms with Crippen LogP contribution in [0.2, 0.25) is 0 Å². The molecule has 0 amide bonds. The Labute approximate surface area is 123 Å². The molecule has 9 heteroatoms. The molecule has 2 N–H and O–H groups in total. The first kappa shape index (κ1) is 15.6. The maximum Gasteiger partial charge on any atom is 0.452 e. The van der Waals surface area contributed by atoms with Crippen LogP contribution in [0.5, 0.6) is 0 Å². The summed E-state index contributed by atoms with van der Waals surface area (Å²) >= 11 is 0.738. The molecular weight excluding hydrogens is 303 g/mol. The summed E-state index contributed by atoms with van der Waals surface area (Å²) in [5.74, 6) is -1.11. The third-order valence-electron chi connectivity index (χ3n) is 2.67. The van der Waals surface area contributed by atoms with Crippen LogP contribution in [0.25, 0.3) is 0 Å². The first-order chi connectivity index (χ1) is 10.0. The van der Waals surface area contributed by atoms with Crippen LogP contribution >= 0.6 is 11.5 Å². The Hall–Kier alpha value is -1.74. The highest BCUT2D eigenvalue weighted by Gasteiger charge is 2.36. The Morgan fingerprint density at radius 1 is 1.33 bits per heavy atom. The molecule has 114 valence electrons. The average molecular weight is 317 g/mol. The number of alkyl halides is 3. The third kappa shape index (κ3) is 4.36. The molecule has 0 aromatic carbocycles. The fourth-order valence-corrected chi connectivity index (χ4v) is 2.41. The summed E-state index contributed by atoms with van der Waals surface area (Å²) in [5.41, 5.74) is 6.36. The third-order valence-corrected chi connectivity index (χ3v) is 3.44. The maximum atomic E-state index is 12.6. The van der Waals surface area contributed by atoms with E-state index in [2.05, 4.69) is 14.3 Å². The van der Waals surface area contributed by atoms with E-state index < -0.39 is 12.0 Å². The van der Waals surface area contributed by atoms with Gasteiger partial charge in [-0.05, 0) is 24.6 Å². The molecule has 0 aliphatic heterocycles. The highest BCUT2D eigenvalue weighted by molar-refractivity contribution is 7.09. The van der Waals surface area contributed by atoms with Crippen LogP contribution in [0.1, 0.15) is 17.8 Å². The van der Waals surface area contributed by atoms with Crippen LogP contribution in [-0.4, -0.2) is 27.4 Å². The molecule has 0 saturated carbocycles. The zero-order valence-electron chi connectivity index (χ0n) is 11.0. The van der Waals surface area contributed by atoms with Crippen LogP contribution in [0, 0.1) is 0 Å². The van der Waals surface area contributed by atoms with E-state index in [4.69, 9.17) is 5.73 Å². The van der Waals surface area contributed by atoms with Crippen LogP contribution in [-0.2, 0) is 12.7 Å². The number of hydrogen-bond acceptors (Lipinski definition) is 6. The molecule has 2 rings (SSSR count). The monoisotopic (exact) mass is 317 g/mol. The van der Waals surface area contributed by atoms with E-state index in [1.165, 1.54) is 0 Å². The van der Waals surface area contributed by atoms with E-state index in [0.29, 0.717) is 26.1 Å². The molecular formula is C12H14F3N5S. The second-order valence-corrected chi connectivity index (χ2v) is 5.05. The molecule has 2 aromatic heterocycles. The molecule has 5 nitrogen and oxygen atoms in total. The van der Waals surface area contributed by atoms with Gasteiger partial charge in [-0.15, -0.1) is 0 Å². The Bertz CT molecular complexity index is 558. The number of hydrogen-bond donors (Lipinski definition) is 1. The second kappa shape index (κ2) is 6.81. The molecule has 2 heterocycles. The standard InChI is InChI=1S/C12H14F3N5S/c13-12(14,15)10-18-11(21-19-10)20(6-2-4-16)8-9-3-1-5-17-7-9/h1,3,5,7H,2,4,6,8,16H2. The van der Waals surface area contributed by atoms with Crippen molar-refractivity contribution in [3.8, 4) is 0 Å². The minimum absolute atomic E-state index is 0.236. The highest BCUT2D eigenvalue weighted by Crippen LogP contribution is 2.30. The summed E-state index contributed by atoms with van der Waals surface area (Å²) in [6.07, 6.45) is -0.564. The van der Waals surface area contributed by atoms with Crippen molar-refractivity contribution < 1.29 is 13.2 Å². The predicted octanol–water partition coefficient (Wildman–Crippen LogP) is 2.31. The van der Waals surface area contributed by atoms with Gasteiger partial charge < -0.3 is 10.6 Å². The van der Waals surface area contributed by atoms with Crippen molar-refractivity contribution in [3.63, 3.8) is 0 Å². The van der Waals surface area contributed by atoms with Gasteiger partial charge in [0, 0.05) is 37.0 Å². The van der Waals surface area contributed by atoms with Crippen LogP contribution in [0.15, 0.2) is 24.5 Å². The van der Waals surface area contributed by atoms with Gasteiger partial charge in [-0.25, -0.2) is 0 Å². The van der Waals surface area contributed by atoms with E-state index in [0.717, 1.165) is 17.1 Å². The fraction of sp³-hybridized carbons (Fsp3) is 0.417. The van der Waals surface area contributed by atoms with E-state index in [-0.39, 0.29) is 5.13 Å². The van der Waals surface area contributed by atoms with Crippen LogP contribution in [0.3, 0.4) is 0 Å². The summed E-state index contributed by atoms with van der Waals surface area (Å²) in [7, 11) is 0. The average Bonchev–Trinajstić information content (AvgIpc) is 2.94. The maximum absolute atomic E-state index is 12.6. The van der Waals surface area contributed by atoms with Crippen LogP contribution in [0.4, 0.5) is 18.3 Å². The lowest BCUT2D eigenvalue weighted by molar-refractivity contribution is -0.144. The second-order valence-electron chi connectivity index (χ2n) is 4.32. The van der Waals surface area contributed by atoms with Gasteiger partial charge in [-0.1, -0.05) is 6.07 Å². The van der Waals surface area contributed by atoms with Gasteiger partial charge in [0.2, 0.25) is 11.0 Å². The quantitative estimate of drug-likeness (QED) is 0.885.